The van der Waals surface area contributed by atoms with Gasteiger partial charge in [0.05, 0.1) is 24.7 Å². The number of aryl methyl sites for hydroxylation is 1. The van der Waals surface area contributed by atoms with E-state index in [1.54, 1.807) is 4.90 Å². The van der Waals surface area contributed by atoms with Gasteiger partial charge in [-0.25, -0.2) is 0 Å². The summed E-state index contributed by atoms with van der Waals surface area (Å²) in [5.41, 5.74) is 0.528. The van der Waals surface area contributed by atoms with Gasteiger partial charge in [0.15, 0.2) is 3.95 Å². The molecule has 7 heteroatoms. The Hall–Kier alpha value is -0.760. The Morgan fingerprint density at radius 1 is 1.65 bits per heavy atom. The first kappa shape index (κ1) is 15.6. The lowest BCUT2D eigenvalue weighted by atomic mass is 10.0. The number of aliphatic hydroxyl groups excluding tert-OH is 1. The first-order chi connectivity index (χ1) is 9.30. The van der Waals surface area contributed by atoms with Crippen LogP contribution in [0.5, 0.6) is 0 Å². The highest BCUT2D eigenvalue weighted by Crippen LogP contribution is 2.23. The molecule has 2 rings (SSSR count). The van der Waals surface area contributed by atoms with Gasteiger partial charge in [0.25, 0.3) is 0 Å². The van der Waals surface area contributed by atoms with Gasteiger partial charge in [-0.2, -0.15) is 0 Å². The van der Waals surface area contributed by atoms with Gasteiger partial charge in [0.1, 0.15) is 0 Å². The van der Waals surface area contributed by atoms with E-state index in [0.717, 1.165) is 10.6 Å². The van der Waals surface area contributed by atoms with Crippen LogP contribution in [0.15, 0.2) is 0 Å². The Morgan fingerprint density at radius 2 is 2.35 bits per heavy atom. The van der Waals surface area contributed by atoms with Gasteiger partial charge in [0, 0.05) is 23.7 Å². The van der Waals surface area contributed by atoms with Crippen LogP contribution in [0, 0.1) is 10.9 Å². The Morgan fingerprint density at radius 3 is 2.90 bits per heavy atom. The van der Waals surface area contributed by atoms with Crippen molar-refractivity contribution in [1.82, 2.24) is 9.88 Å². The second kappa shape index (κ2) is 5.93. The fourth-order valence-electron chi connectivity index (χ4n) is 2.44. The first-order valence-corrected chi connectivity index (χ1v) is 7.78. The highest BCUT2D eigenvalue weighted by atomic mass is 32.1. The number of carbonyl (C=O) groups is 1. The van der Waals surface area contributed by atoms with Gasteiger partial charge in [-0.05, 0) is 33.0 Å². The first-order valence-electron chi connectivity index (χ1n) is 6.56. The van der Waals surface area contributed by atoms with E-state index >= 15 is 0 Å². The Balaban J connectivity index is 2.08. The predicted molar refractivity (Wildman–Crippen MR) is 80.6 cm³/mol. The van der Waals surface area contributed by atoms with Crippen LogP contribution in [0.2, 0.25) is 0 Å². The number of hydrogen-bond acceptors (Lipinski definition) is 5. The number of H-pyrrole nitrogens is 1. The molecule has 1 aliphatic heterocycles. The Kier molecular flexibility index (Phi) is 4.63. The number of rotatable bonds is 3. The molecule has 1 aromatic rings. The summed E-state index contributed by atoms with van der Waals surface area (Å²) in [5, 5.41) is 9.28. The third-order valence-corrected chi connectivity index (χ3v) is 4.61. The van der Waals surface area contributed by atoms with Crippen molar-refractivity contribution < 1.29 is 14.6 Å². The number of morpholine rings is 1. The molecule has 0 radical (unpaired) electrons. The van der Waals surface area contributed by atoms with Crippen molar-refractivity contribution in [3.63, 3.8) is 0 Å². The topological polar surface area (TPSA) is 65.6 Å². The monoisotopic (exact) mass is 316 g/mol. The maximum Gasteiger partial charge on any atom is 0.228 e. The molecule has 1 aromatic heterocycles. The van der Waals surface area contributed by atoms with Crippen LogP contribution in [0.1, 0.15) is 24.4 Å². The van der Waals surface area contributed by atoms with E-state index < -0.39 is 5.60 Å². The van der Waals surface area contributed by atoms with Crippen molar-refractivity contribution in [2.75, 3.05) is 19.7 Å². The maximum atomic E-state index is 12.4. The molecule has 0 spiro atoms. The summed E-state index contributed by atoms with van der Waals surface area (Å²) in [6.07, 6.45) is 0.0333. The molecular weight excluding hydrogens is 296 g/mol. The summed E-state index contributed by atoms with van der Waals surface area (Å²) in [6, 6.07) is 0. The summed E-state index contributed by atoms with van der Waals surface area (Å²) >= 11 is 6.53. The molecule has 1 aliphatic rings. The summed E-state index contributed by atoms with van der Waals surface area (Å²) in [5.74, 6) is 0.0492. The number of thiazole rings is 1. The zero-order valence-electron chi connectivity index (χ0n) is 11.9. The number of hydrogen-bond donors (Lipinski definition) is 2. The summed E-state index contributed by atoms with van der Waals surface area (Å²) < 4.78 is 6.41. The SMILES string of the molecule is Cc1[nH]c(=S)sc1CC(=O)N1CC(CO)OC(C)(C)C1. The van der Waals surface area contributed by atoms with E-state index in [0.29, 0.717) is 23.5 Å². The number of nitrogens with one attached hydrogen (secondary N) is 1. The van der Waals surface area contributed by atoms with Gasteiger partial charge in [-0.15, -0.1) is 11.3 Å². The molecule has 1 saturated heterocycles. The van der Waals surface area contributed by atoms with Gasteiger partial charge < -0.3 is 19.7 Å². The van der Waals surface area contributed by atoms with Crippen LogP contribution < -0.4 is 0 Å². The van der Waals surface area contributed by atoms with Crippen LogP contribution in [0.3, 0.4) is 0 Å². The minimum absolute atomic E-state index is 0.0492. The second-order valence-electron chi connectivity index (χ2n) is 5.70. The Bertz CT molecular complexity index is 550. The maximum absolute atomic E-state index is 12.4. The molecule has 1 amide bonds. The summed E-state index contributed by atoms with van der Waals surface area (Å²) in [6.45, 7) is 6.69. The normalized spacial score (nSPS) is 22.0. The molecule has 0 saturated carbocycles. The second-order valence-corrected chi connectivity index (χ2v) is 7.47. The van der Waals surface area contributed by atoms with E-state index in [-0.39, 0.29) is 18.6 Å². The number of amides is 1. The van der Waals surface area contributed by atoms with Crippen molar-refractivity contribution in [1.29, 1.82) is 0 Å². The third kappa shape index (κ3) is 3.66. The number of nitrogens with zero attached hydrogens (tertiary/aromatic N) is 1. The average molecular weight is 316 g/mol. The fourth-order valence-corrected chi connectivity index (χ4v) is 3.72. The minimum Gasteiger partial charge on any atom is -0.394 e. The van der Waals surface area contributed by atoms with Gasteiger partial charge in [-0.3, -0.25) is 4.79 Å². The predicted octanol–water partition coefficient (Wildman–Crippen LogP) is 1.65. The standard InChI is InChI=1S/C13H20N2O3S2/c1-8-10(20-12(19)14-8)4-11(17)15-5-9(6-16)18-13(2,3)7-15/h9,16H,4-7H2,1-3H3,(H,14,19). The van der Waals surface area contributed by atoms with Crippen molar-refractivity contribution in [2.45, 2.75) is 38.9 Å². The lowest BCUT2D eigenvalue weighted by molar-refractivity contribution is -0.166. The molecule has 0 aliphatic carbocycles. The quantitative estimate of drug-likeness (QED) is 0.832. The van der Waals surface area contributed by atoms with Crippen molar-refractivity contribution in [2.24, 2.45) is 0 Å². The molecular formula is C13H20N2O3S2. The van der Waals surface area contributed by atoms with Crippen molar-refractivity contribution in [3.8, 4) is 0 Å². The van der Waals surface area contributed by atoms with Crippen LogP contribution >= 0.6 is 23.6 Å². The number of carbonyl (C=O) groups excluding carboxylic acids is 1. The molecule has 112 valence electrons. The third-order valence-electron chi connectivity index (χ3n) is 3.27. The number of aromatic nitrogens is 1. The van der Waals surface area contributed by atoms with Crippen LogP contribution in [-0.4, -0.2) is 52.3 Å². The van der Waals surface area contributed by atoms with Crippen LogP contribution in [0.25, 0.3) is 0 Å². The smallest absolute Gasteiger partial charge is 0.228 e. The van der Waals surface area contributed by atoms with E-state index in [1.165, 1.54) is 11.3 Å². The van der Waals surface area contributed by atoms with Crippen LogP contribution in [0.4, 0.5) is 0 Å². The average Bonchev–Trinajstić information content (AvgIpc) is 2.65. The largest absolute Gasteiger partial charge is 0.394 e. The van der Waals surface area contributed by atoms with E-state index in [9.17, 15) is 9.90 Å². The van der Waals surface area contributed by atoms with Gasteiger partial charge >= 0.3 is 0 Å². The minimum atomic E-state index is -0.429. The summed E-state index contributed by atoms with van der Waals surface area (Å²) in [7, 11) is 0. The molecule has 1 atom stereocenters. The van der Waals surface area contributed by atoms with E-state index in [2.05, 4.69) is 4.98 Å². The fraction of sp³-hybridized carbons (Fsp3) is 0.692. The molecule has 2 N–H and O–H groups in total. The molecule has 5 nitrogen and oxygen atoms in total. The zero-order valence-corrected chi connectivity index (χ0v) is 13.6. The molecule has 2 heterocycles. The molecule has 20 heavy (non-hydrogen) atoms. The molecule has 1 fully saturated rings. The van der Waals surface area contributed by atoms with E-state index in [1.807, 2.05) is 20.8 Å². The number of ether oxygens (including phenoxy) is 1. The van der Waals surface area contributed by atoms with Gasteiger partial charge in [0.2, 0.25) is 5.91 Å². The zero-order chi connectivity index (χ0) is 14.9. The van der Waals surface area contributed by atoms with Crippen LogP contribution in [-0.2, 0) is 16.0 Å². The Labute approximate surface area is 127 Å². The van der Waals surface area contributed by atoms with Crippen molar-refractivity contribution >= 4 is 29.5 Å². The molecule has 1 unspecified atom stereocenters. The lowest BCUT2D eigenvalue weighted by Gasteiger charge is -2.42. The number of aliphatic hydroxyl groups is 1. The molecule has 0 bridgehead atoms. The van der Waals surface area contributed by atoms with Crippen molar-refractivity contribution in [3.05, 3.63) is 14.5 Å². The van der Waals surface area contributed by atoms with Gasteiger partial charge in [-0.1, -0.05) is 0 Å². The summed E-state index contributed by atoms with van der Waals surface area (Å²) in [4.78, 5) is 18.2. The molecule has 0 aromatic carbocycles. The highest BCUT2D eigenvalue weighted by molar-refractivity contribution is 7.73. The van der Waals surface area contributed by atoms with E-state index in [4.69, 9.17) is 17.0 Å². The highest BCUT2D eigenvalue weighted by Gasteiger charge is 2.35. The number of aromatic amines is 1. The lowest BCUT2D eigenvalue weighted by Crippen LogP contribution is -2.55.